The van der Waals surface area contributed by atoms with Gasteiger partial charge in [-0.05, 0) is 77.5 Å². The Morgan fingerprint density at radius 3 is 2.37 bits per heavy atom. The maximum atomic E-state index is 9.32. The molecule has 3 aromatic rings. The summed E-state index contributed by atoms with van der Waals surface area (Å²) in [5, 5.41) is 10.4. The Bertz CT molecular complexity index is 1140. The molecule has 1 aliphatic heterocycles. The monoisotopic (exact) mass is 480 g/mol. The number of ether oxygens (including phenoxy) is 3. The zero-order valence-corrected chi connectivity index (χ0v) is 22.2. The van der Waals surface area contributed by atoms with Crippen molar-refractivity contribution in [2.24, 2.45) is 5.41 Å². The number of furan rings is 1. The van der Waals surface area contributed by atoms with E-state index in [9.17, 15) is 5.11 Å². The van der Waals surface area contributed by atoms with Crippen LogP contribution in [-0.4, -0.2) is 35.3 Å². The average Bonchev–Trinajstić information content (AvgIpc) is 3.31. The minimum Gasteiger partial charge on any atom is -0.488 e. The summed E-state index contributed by atoms with van der Waals surface area (Å²) in [5.41, 5.74) is 2.45. The van der Waals surface area contributed by atoms with E-state index in [1.165, 1.54) is 5.56 Å². The van der Waals surface area contributed by atoms with Gasteiger partial charge in [-0.3, -0.25) is 0 Å². The lowest BCUT2D eigenvalue weighted by Gasteiger charge is -2.40. The van der Waals surface area contributed by atoms with Crippen LogP contribution in [0.4, 0.5) is 0 Å². The van der Waals surface area contributed by atoms with Crippen LogP contribution in [0.5, 0.6) is 5.75 Å². The first kappa shape index (κ1) is 25.7. The Labute approximate surface area is 209 Å². The fourth-order valence-corrected chi connectivity index (χ4v) is 5.49. The van der Waals surface area contributed by atoms with Crippen LogP contribution in [0.25, 0.3) is 22.3 Å². The van der Waals surface area contributed by atoms with Gasteiger partial charge < -0.3 is 23.7 Å². The van der Waals surface area contributed by atoms with E-state index in [4.69, 9.17) is 18.6 Å². The molecule has 1 fully saturated rings. The molecule has 35 heavy (non-hydrogen) atoms. The molecule has 0 saturated carbocycles. The Morgan fingerprint density at radius 1 is 0.971 bits per heavy atom. The van der Waals surface area contributed by atoms with Crippen LogP contribution in [0.2, 0.25) is 0 Å². The van der Waals surface area contributed by atoms with Crippen LogP contribution in [-0.2, 0) is 9.47 Å². The average molecular weight is 481 g/mol. The molecule has 2 heterocycles. The zero-order valence-electron chi connectivity index (χ0n) is 22.2. The van der Waals surface area contributed by atoms with Crippen molar-refractivity contribution in [2.45, 2.75) is 91.3 Å². The summed E-state index contributed by atoms with van der Waals surface area (Å²) >= 11 is 0. The minimum absolute atomic E-state index is 0.0531. The Hall–Kier alpha value is -2.34. The highest BCUT2D eigenvalue weighted by Crippen LogP contribution is 2.44. The smallest absolute Gasteiger partial charge is 0.163 e. The van der Waals surface area contributed by atoms with E-state index in [-0.39, 0.29) is 24.2 Å². The first-order valence-corrected chi connectivity index (χ1v) is 12.6. The lowest BCUT2D eigenvalue weighted by atomic mass is 9.75. The van der Waals surface area contributed by atoms with E-state index in [2.05, 4.69) is 71.0 Å². The van der Waals surface area contributed by atoms with Crippen LogP contribution in [0.3, 0.4) is 0 Å². The third-order valence-electron chi connectivity index (χ3n) is 6.70. The molecule has 0 spiro atoms. The molecule has 0 aliphatic carbocycles. The van der Waals surface area contributed by atoms with Gasteiger partial charge >= 0.3 is 0 Å². The fraction of sp³-hybridized carbons (Fsp3) is 0.533. The molecule has 0 amide bonds. The standard InChI is InChI=1S/C30H40O5/c1-20-10-12-21(13-11-20)25-17-22-14-15-23(18-26(22)32-25)33-29(4,5)19-28(2,3)27-24(9-8-16-31)34-30(6,7)35-27/h10-15,17-18,24,27,31H,8-9,16,19H2,1-7H3. The molecule has 0 bridgehead atoms. The second kappa shape index (κ2) is 9.61. The SMILES string of the molecule is Cc1ccc(-c2cc3ccc(OC(C)(C)CC(C)(C)C4OC(C)(C)OC4CCCO)cc3o2)cc1. The van der Waals surface area contributed by atoms with Crippen molar-refractivity contribution in [3.63, 3.8) is 0 Å². The molecule has 5 nitrogen and oxygen atoms in total. The number of benzene rings is 2. The minimum atomic E-state index is -0.632. The molecule has 2 aromatic carbocycles. The highest BCUT2D eigenvalue weighted by Gasteiger charge is 2.49. The number of rotatable bonds is 9. The lowest BCUT2D eigenvalue weighted by molar-refractivity contribution is -0.159. The van der Waals surface area contributed by atoms with Gasteiger partial charge in [0.1, 0.15) is 22.7 Å². The molecule has 4 rings (SSSR count). The molecule has 0 radical (unpaired) electrons. The van der Waals surface area contributed by atoms with Crippen LogP contribution in [0, 0.1) is 12.3 Å². The maximum Gasteiger partial charge on any atom is 0.163 e. The summed E-state index contributed by atoms with van der Waals surface area (Å²) in [6, 6.07) is 16.5. The predicted molar refractivity (Wildman–Crippen MR) is 140 cm³/mol. The molecule has 1 N–H and O–H groups in total. The van der Waals surface area contributed by atoms with Crippen LogP contribution in [0.1, 0.15) is 66.4 Å². The van der Waals surface area contributed by atoms with E-state index in [0.29, 0.717) is 6.42 Å². The zero-order chi connectivity index (χ0) is 25.4. The lowest BCUT2D eigenvalue weighted by Crippen LogP contribution is -2.44. The second-order valence-electron chi connectivity index (χ2n) is 11.7. The van der Waals surface area contributed by atoms with Crippen molar-refractivity contribution < 1.29 is 23.7 Å². The quantitative estimate of drug-likeness (QED) is 0.349. The van der Waals surface area contributed by atoms with E-state index in [0.717, 1.165) is 40.9 Å². The van der Waals surface area contributed by atoms with Gasteiger partial charge in [0.15, 0.2) is 5.79 Å². The van der Waals surface area contributed by atoms with Crippen molar-refractivity contribution >= 4 is 11.0 Å². The number of hydrogen-bond donors (Lipinski definition) is 1. The van der Waals surface area contributed by atoms with Crippen molar-refractivity contribution in [3.8, 4) is 17.1 Å². The normalized spacial score (nSPS) is 20.5. The van der Waals surface area contributed by atoms with Gasteiger partial charge in [-0.2, -0.15) is 0 Å². The van der Waals surface area contributed by atoms with Gasteiger partial charge in [-0.15, -0.1) is 0 Å². The molecule has 2 unspecified atom stereocenters. The van der Waals surface area contributed by atoms with E-state index in [1.54, 1.807) is 0 Å². The topological polar surface area (TPSA) is 61.1 Å². The van der Waals surface area contributed by atoms with Crippen molar-refractivity contribution in [3.05, 3.63) is 54.1 Å². The summed E-state index contributed by atoms with van der Waals surface area (Å²) in [5.74, 6) is 1.00. The van der Waals surface area contributed by atoms with Crippen molar-refractivity contribution in [2.75, 3.05) is 6.61 Å². The highest BCUT2D eigenvalue weighted by atomic mass is 16.8. The second-order valence-corrected chi connectivity index (χ2v) is 11.7. The Balaban J connectivity index is 1.49. The summed E-state index contributed by atoms with van der Waals surface area (Å²) in [6.07, 6.45) is 2.10. The molecule has 2 atom stereocenters. The largest absolute Gasteiger partial charge is 0.488 e. The van der Waals surface area contributed by atoms with E-state index in [1.807, 2.05) is 26.0 Å². The number of fused-ring (bicyclic) bond motifs is 1. The number of aryl methyl sites for hydroxylation is 1. The molecule has 190 valence electrons. The molecule has 5 heteroatoms. The van der Waals surface area contributed by atoms with Crippen LogP contribution < -0.4 is 4.74 Å². The van der Waals surface area contributed by atoms with Crippen molar-refractivity contribution in [1.29, 1.82) is 0 Å². The Morgan fingerprint density at radius 2 is 1.69 bits per heavy atom. The van der Waals surface area contributed by atoms with E-state index >= 15 is 0 Å². The highest BCUT2D eigenvalue weighted by molar-refractivity contribution is 5.84. The van der Waals surface area contributed by atoms with Crippen LogP contribution >= 0.6 is 0 Å². The summed E-state index contributed by atoms with van der Waals surface area (Å²) in [7, 11) is 0. The third kappa shape index (κ3) is 6.08. The molecule has 1 aromatic heterocycles. The third-order valence-corrected chi connectivity index (χ3v) is 6.70. The summed E-state index contributed by atoms with van der Waals surface area (Å²) < 4.78 is 25.2. The predicted octanol–water partition coefficient (Wildman–Crippen LogP) is 7.27. The van der Waals surface area contributed by atoms with E-state index < -0.39 is 11.4 Å². The van der Waals surface area contributed by atoms with Gasteiger partial charge in [-0.25, -0.2) is 0 Å². The van der Waals surface area contributed by atoms with Gasteiger partial charge in [0.25, 0.3) is 0 Å². The molecular weight excluding hydrogens is 440 g/mol. The summed E-state index contributed by atoms with van der Waals surface area (Å²) in [4.78, 5) is 0. The fourth-order valence-electron chi connectivity index (χ4n) is 5.49. The van der Waals surface area contributed by atoms with Gasteiger partial charge in [0, 0.05) is 23.6 Å². The van der Waals surface area contributed by atoms with Crippen molar-refractivity contribution in [1.82, 2.24) is 0 Å². The van der Waals surface area contributed by atoms with Crippen LogP contribution in [0.15, 0.2) is 52.9 Å². The number of aliphatic hydroxyl groups excluding tert-OH is 1. The van der Waals surface area contributed by atoms with Gasteiger partial charge in [-0.1, -0.05) is 43.7 Å². The number of hydrogen-bond acceptors (Lipinski definition) is 5. The molecular formula is C30H40O5. The molecule has 1 aliphatic rings. The first-order chi connectivity index (χ1) is 16.4. The Kier molecular flexibility index (Phi) is 7.07. The molecule has 1 saturated heterocycles. The summed E-state index contributed by atoms with van der Waals surface area (Å²) in [6.45, 7) is 14.8. The maximum absolute atomic E-state index is 9.32. The number of aliphatic hydroxyl groups is 1. The van der Waals surface area contributed by atoms with Gasteiger partial charge in [0.2, 0.25) is 0 Å². The van der Waals surface area contributed by atoms with Gasteiger partial charge in [0.05, 0.1) is 12.2 Å². The first-order valence-electron chi connectivity index (χ1n) is 12.6.